The lowest BCUT2D eigenvalue weighted by Crippen LogP contribution is -2.30. The number of rotatable bonds is 2. The molecule has 0 aliphatic heterocycles. The fourth-order valence-corrected chi connectivity index (χ4v) is 2.77. The van der Waals surface area contributed by atoms with Gasteiger partial charge in [0.1, 0.15) is 5.75 Å². The van der Waals surface area contributed by atoms with Crippen molar-refractivity contribution in [2.24, 2.45) is 17.8 Å². The minimum absolute atomic E-state index is 0.166. The zero-order chi connectivity index (χ0) is 14.0. The summed E-state index contributed by atoms with van der Waals surface area (Å²) in [5, 5.41) is 9.29. The highest BCUT2D eigenvalue weighted by atomic mass is 16.3. The SMILES string of the molecule is CC(C)[C@@H]1CC[C@@H](C)C(=Cc2ccc(O)cc2)C1=O. The van der Waals surface area contributed by atoms with Crippen LogP contribution in [0, 0.1) is 17.8 Å². The van der Waals surface area contributed by atoms with Gasteiger partial charge in [0.15, 0.2) is 5.78 Å². The molecule has 0 amide bonds. The number of Topliss-reactive ketones (excluding diaryl/α,β-unsaturated/α-hetero) is 1. The Morgan fingerprint density at radius 1 is 1.21 bits per heavy atom. The number of phenols is 1. The number of hydrogen-bond acceptors (Lipinski definition) is 2. The summed E-state index contributed by atoms with van der Waals surface area (Å²) in [5.74, 6) is 1.46. The highest BCUT2D eigenvalue weighted by molar-refractivity contribution is 6.02. The lowest BCUT2D eigenvalue weighted by Gasteiger charge is -2.30. The summed E-state index contributed by atoms with van der Waals surface area (Å²) in [6.45, 7) is 6.37. The van der Waals surface area contributed by atoms with Crippen molar-refractivity contribution in [2.75, 3.05) is 0 Å². The maximum Gasteiger partial charge on any atom is 0.162 e. The number of carbonyl (C=O) groups is 1. The highest BCUT2D eigenvalue weighted by Crippen LogP contribution is 2.35. The normalized spacial score (nSPS) is 26.1. The van der Waals surface area contributed by atoms with E-state index in [9.17, 15) is 9.90 Å². The molecule has 0 unspecified atom stereocenters. The molecule has 0 heterocycles. The maximum absolute atomic E-state index is 12.5. The molecule has 0 bridgehead atoms. The molecular formula is C17H22O2. The van der Waals surface area contributed by atoms with Crippen LogP contribution < -0.4 is 0 Å². The average Bonchev–Trinajstić information content (AvgIpc) is 2.36. The second-order valence-corrected chi connectivity index (χ2v) is 5.88. The van der Waals surface area contributed by atoms with Gasteiger partial charge < -0.3 is 5.11 Å². The highest BCUT2D eigenvalue weighted by Gasteiger charge is 2.32. The first-order valence-electron chi connectivity index (χ1n) is 7.04. The summed E-state index contributed by atoms with van der Waals surface area (Å²) < 4.78 is 0. The summed E-state index contributed by atoms with van der Waals surface area (Å²) in [5.41, 5.74) is 1.92. The van der Waals surface area contributed by atoms with E-state index < -0.39 is 0 Å². The van der Waals surface area contributed by atoms with E-state index in [0.29, 0.717) is 17.6 Å². The molecule has 0 aromatic heterocycles. The van der Waals surface area contributed by atoms with Gasteiger partial charge in [-0.2, -0.15) is 0 Å². The van der Waals surface area contributed by atoms with Gasteiger partial charge in [-0.1, -0.05) is 32.9 Å². The van der Waals surface area contributed by atoms with Crippen LogP contribution in [0.25, 0.3) is 6.08 Å². The Kier molecular flexibility index (Phi) is 4.08. The van der Waals surface area contributed by atoms with Crippen LogP contribution in [-0.4, -0.2) is 10.9 Å². The fraction of sp³-hybridized carbons (Fsp3) is 0.471. The standard InChI is InChI=1S/C17H22O2/c1-11(2)15-9-4-12(3)16(17(15)19)10-13-5-7-14(18)8-6-13/h5-8,10-12,15,18H,4,9H2,1-3H3/t12-,15+/m1/s1. The third-order valence-corrected chi connectivity index (χ3v) is 4.08. The Morgan fingerprint density at radius 3 is 2.42 bits per heavy atom. The fourth-order valence-electron chi connectivity index (χ4n) is 2.77. The van der Waals surface area contributed by atoms with Crippen LogP contribution in [0.3, 0.4) is 0 Å². The van der Waals surface area contributed by atoms with Gasteiger partial charge in [0, 0.05) is 5.92 Å². The van der Waals surface area contributed by atoms with Crippen LogP contribution in [0.15, 0.2) is 29.8 Å². The van der Waals surface area contributed by atoms with Gasteiger partial charge in [-0.05, 0) is 54.0 Å². The third-order valence-electron chi connectivity index (χ3n) is 4.08. The zero-order valence-electron chi connectivity index (χ0n) is 11.9. The van der Waals surface area contributed by atoms with Gasteiger partial charge in [-0.15, -0.1) is 0 Å². The average molecular weight is 258 g/mol. The first-order chi connectivity index (χ1) is 8.99. The van der Waals surface area contributed by atoms with Gasteiger partial charge in [0.25, 0.3) is 0 Å². The van der Waals surface area contributed by atoms with Crippen molar-refractivity contribution in [1.29, 1.82) is 0 Å². The molecule has 2 rings (SSSR count). The Labute approximate surface area is 115 Å². The summed E-state index contributed by atoms with van der Waals surface area (Å²) in [6.07, 6.45) is 4.07. The molecule has 19 heavy (non-hydrogen) atoms. The Hall–Kier alpha value is -1.57. The molecule has 0 spiro atoms. The minimum atomic E-state index is 0.166. The predicted molar refractivity (Wildman–Crippen MR) is 77.8 cm³/mol. The van der Waals surface area contributed by atoms with Gasteiger partial charge in [0.2, 0.25) is 0 Å². The van der Waals surface area contributed by atoms with Crippen LogP contribution in [0.1, 0.15) is 39.2 Å². The van der Waals surface area contributed by atoms with E-state index >= 15 is 0 Å². The molecule has 1 aliphatic carbocycles. The molecule has 102 valence electrons. The topological polar surface area (TPSA) is 37.3 Å². The molecular weight excluding hydrogens is 236 g/mol. The minimum Gasteiger partial charge on any atom is -0.508 e. The van der Waals surface area contributed by atoms with E-state index in [1.165, 1.54) is 0 Å². The Bertz CT molecular complexity index is 482. The number of allylic oxidation sites excluding steroid dienone is 1. The zero-order valence-corrected chi connectivity index (χ0v) is 11.9. The van der Waals surface area contributed by atoms with Crippen molar-refractivity contribution in [2.45, 2.75) is 33.6 Å². The molecule has 0 radical (unpaired) electrons. The molecule has 2 heteroatoms. The summed E-state index contributed by atoms with van der Waals surface area (Å²) in [7, 11) is 0. The van der Waals surface area contributed by atoms with Gasteiger partial charge in [-0.25, -0.2) is 0 Å². The first kappa shape index (κ1) is 13.9. The summed E-state index contributed by atoms with van der Waals surface area (Å²) in [4.78, 5) is 12.5. The first-order valence-corrected chi connectivity index (χ1v) is 7.04. The third kappa shape index (κ3) is 3.06. The Morgan fingerprint density at radius 2 is 1.84 bits per heavy atom. The molecule has 1 aromatic carbocycles. The quantitative estimate of drug-likeness (QED) is 0.813. The molecule has 1 N–H and O–H groups in total. The van der Waals surface area contributed by atoms with E-state index in [1.807, 2.05) is 18.2 Å². The van der Waals surface area contributed by atoms with Gasteiger partial charge >= 0.3 is 0 Å². The van der Waals surface area contributed by atoms with Gasteiger partial charge in [-0.3, -0.25) is 4.79 Å². The number of ketones is 1. The Balaban J connectivity index is 2.29. The van der Waals surface area contributed by atoms with Crippen molar-refractivity contribution in [3.05, 3.63) is 35.4 Å². The monoisotopic (exact) mass is 258 g/mol. The maximum atomic E-state index is 12.5. The van der Waals surface area contributed by atoms with Crippen molar-refractivity contribution in [3.8, 4) is 5.75 Å². The van der Waals surface area contributed by atoms with Crippen molar-refractivity contribution in [1.82, 2.24) is 0 Å². The summed E-state index contributed by atoms with van der Waals surface area (Å²) >= 11 is 0. The lowest BCUT2D eigenvalue weighted by atomic mass is 9.73. The van der Waals surface area contributed by atoms with E-state index in [4.69, 9.17) is 0 Å². The smallest absolute Gasteiger partial charge is 0.162 e. The second kappa shape index (κ2) is 5.60. The molecule has 1 saturated carbocycles. The largest absolute Gasteiger partial charge is 0.508 e. The molecule has 0 saturated heterocycles. The number of benzene rings is 1. The molecule has 1 fully saturated rings. The number of aromatic hydroxyl groups is 1. The van der Waals surface area contributed by atoms with Gasteiger partial charge in [0.05, 0.1) is 0 Å². The number of carbonyl (C=O) groups excluding carboxylic acids is 1. The molecule has 1 aromatic rings. The molecule has 2 atom stereocenters. The van der Waals surface area contributed by atoms with E-state index in [-0.39, 0.29) is 11.7 Å². The van der Waals surface area contributed by atoms with Crippen molar-refractivity contribution >= 4 is 11.9 Å². The van der Waals surface area contributed by atoms with Crippen LogP contribution in [-0.2, 0) is 4.79 Å². The molecule has 2 nitrogen and oxygen atoms in total. The molecule has 1 aliphatic rings. The van der Waals surface area contributed by atoms with Crippen molar-refractivity contribution < 1.29 is 9.90 Å². The number of hydrogen-bond donors (Lipinski definition) is 1. The van der Waals surface area contributed by atoms with E-state index in [1.54, 1.807) is 12.1 Å². The van der Waals surface area contributed by atoms with Crippen LogP contribution in [0.4, 0.5) is 0 Å². The summed E-state index contributed by atoms with van der Waals surface area (Å²) in [6, 6.07) is 7.01. The van der Waals surface area contributed by atoms with Crippen LogP contribution in [0.5, 0.6) is 5.75 Å². The predicted octanol–water partition coefficient (Wildman–Crippen LogP) is 4.05. The van der Waals surface area contributed by atoms with Crippen molar-refractivity contribution in [3.63, 3.8) is 0 Å². The number of phenolic OH excluding ortho intramolecular Hbond substituents is 1. The van der Waals surface area contributed by atoms with Crippen LogP contribution in [0.2, 0.25) is 0 Å². The van der Waals surface area contributed by atoms with Crippen LogP contribution >= 0.6 is 0 Å². The lowest BCUT2D eigenvalue weighted by molar-refractivity contribution is -0.122. The second-order valence-electron chi connectivity index (χ2n) is 5.88. The van der Waals surface area contributed by atoms with E-state index in [2.05, 4.69) is 20.8 Å². The van der Waals surface area contributed by atoms with E-state index in [0.717, 1.165) is 24.0 Å².